The Bertz CT molecular complexity index is 1610. The molecule has 1 amide bonds. The zero-order valence-electron chi connectivity index (χ0n) is 25.3. The summed E-state index contributed by atoms with van der Waals surface area (Å²) in [5.74, 6) is -1.70. The van der Waals surface area contributed by atoms with E-state index in [-0.39, 0.29) is 43.3 Å². The molecule has 1 fully saturated rings. The number of fused-ring (bicyclic) bond motifs is 3. The Labute approximate surface area is 248 Å². The molecule has 43 heavy (non-hydrogen) atoms. The van der Waals surface area contributed by atoms with Gasteiger partial charge in [-0.2, -0.15) is 0 Å². The molecule has 1 saturated heterocycles. The maximum Gasteiger partial charge on any atom is 0.410 e. The van der Waals surface area contributed by atoms with Crippen molar-refractivity contribution in [1.29, 1.82) is 0 Å². The molecule has 0 unspecified atom stereocenters. The molecule has 4 heterocycles. The van der Waals surface area contributed by atoms with Gasteiger partial charge in [-0.25, -0.2) is 27.9 Å². The molecule has 6 rings (SSSR count). The number of aryl methyl sites for hydroxylation is 2. The normalized spacial score (nSPS) is 23.1. The third-order valence-electron chi connectivity index (χ3n) is 8.40. The number of ether oxygens (including phenoxy) is 3. The van der Waals surface area contributed by atoms with Gasteiger partial charge >= 0.3 is 6.09 Å². The number of carbonyl (C=O) groups is 1. The lowest BCUT2D eigenvalue weighted by Gasteiger charge is -2.33. The Morgan fingerprint density at radius 1 is 1.19 bits per heavy atom. The molecular formula is C32H37F3N4O4. The van der Waals surface area contributed by atoms with E-state index < -0.39 is 35.3 Å². The minimum absolute atomic E-state index is 0.0921. The molecule has 0 radical (unpaired) electrons. The zero-order chi connectivity index (χ0) is 30.8. The number of benzene rings is 1. The number of rotatable bonds is 5. The van der Waals surface area contributed by atoms with Crippen molar-refractivity contribution in [2.24, 2.45) is 0 Å². The largest absolute Gasteiger partial charge is 0.444 e. The number of nitrogens with zero attached hydrogens (tertiary/aromatic N) is 4. The summed E-state index contributed by atoms with van der Waals surface area (Å²) in [7, 11) is 0. The molecule has 1 aromatic carbocycles. The van der Waals surface area contributed by atoms with Gasteiger partial charge in [0.1, 0.15) is 35.6 Å². The van der Waals surface area contributed by atoms with E-state index >= 15 is 4.39 Å². The molecule has 0 bridgehead atoms. The van der Waals surface area contributed by atoms with Crippen LogP contribution in [0.1, 0.15) is 81.5 Å². The van der Waals surface area contributed by atoms with E-state index in [1.54, 1.807) is 27.1 Å². The maximum absolute atomic E-state index is 15.3. The Morgan fingerprint density at radius 2 is 1.95 bits per heavy atom. The molecule has 0 N–H and O–H groups in total. The smallest absolute Gasteiger partial charge is 0.410 e. The standard InChI is InChI=1S/C32H37F3N4O4/c1-17-20-10-12-39(29(20)37-16-36-17)24-14-19(26-27(24)42-32(5,6)41-26)8-7-18-13-22(28(34)35)25(33)21-9-11-38(15-23(18)21)30(40)43-31(2,3)4/h10,12-14,16,24,26-28H,7-9,11,15H2,1-6H3/t24-,26-,27+/m1/s1. The molecule has 0 saturated carbocycles. The van der Waals surface area contributed by atoms with Gasteiger partial charge in [-0.15, -0.1) is 0 Å². The monoisotopic (exact) mass is 598 g/mol. The van der Waals surface area contributed by atoms with Crippen LogP contribution in [0.4, 0.5) is 18.0 Å². The topological polar surface area (TPSA) is 78.7 Å². The van der Waals surface area contributed by atoms with Gasteiger partial charge in [-0.05, 0) is 95.2 Å². The number of carbonyl (C=O) groups excluding carboxylic acids is 1. The first-order valence-electron chi connectivity index (χ1n) is 14.7. The van der Waals surface area contributed by atoms with Crippen molar-refractivity contribution < 1.29 is 32.2 Å². The average Bonchev–Trinajstić information content (AvgIpc) is 3.58. The molecule has 3 aliphatic rings. The van der Waals surface area contributed by atoms with Crippen LogP contribution < -0.4 is 0 Å². The minimum Gasteiger partial charge on any atom is -0.444 e. The van der Waals surface area contributed by atoms with Gasteiger partial charge in [0.15, 0.2) is 5.79 Å². The van der Waals surface area contributed by atoms with Crippen LogP contribution in [-0.4, -0.2) is 55.7 Å². The number of aromatic nitrogens is 3. The maximum atomic E-state index is 15.3. The summed E-state index contributed by atoms with van der Waals surface area (Å²) in [5.41, 5.74) is 2.75. The molecule has 3 aromatic rings. The van der Waals surface area contributed by atoms with Crippen molar-refractivity contribution in [1.82, 2.24) is 19.4 Å². The molecule has 2 aliphatic heterocycles. The lowest BCUT2D eigenvalue weighted by molar-refractivity contribution is -0.147. The SMILES string of the molecule is Cc1ncnc2c1ccn2[C@@H]1C=C(CCc2cc(C(F)F)c(F)c3c2CN(C(=O)OC(C)(C)C)CC3)[C@H]2OC(C)(C)O[C@H]21. The lowest BCUT2D eigenvalue weighted by atomic mass is 9.88. The van der Waals surface area contributed by atoms with Gasteiger partial charge in [0.25, 0.3) is 6.43 Å². The predicted molar refractivity (Wildman–Crippen MR) is 153 cm³/mol. The van der Waals surface area contributed by atoms with Crippen LogP contribution in [0.25, 0.3) is 11.0 Å². The highest BCUT2D eigenvalue weighted by atomic mass is 19.3. The molecule has 8 nitrogen and oxygen atoms in total. The van der Waals surface area contributed by atoms with E-state index in [1.807, 2.05) is 33.0 Å². The molecular weight excluding hydrogens is 561 g/mol. The Morgan fingerprint density at radius 3 is 2.67 bits per heavy atom. The van der Waals surface area contributed by atoms with Crippen molar-refractivity contribution in [2.45, 2.75) is 103 Å². The zero-order valence-corrected chi connectivity index (χ0v) is 25.3. The predicted octanol–water partition coefficient (Wildman–Crippen LogP) is 6.74. The molecule has 0 spiro atoms. The number of amides is 1. The molecule has 3 atom stereocenters. The van der Waals surface area contributed by atoms with E-state index in [4.69, 9.17) is 14.2 Å². The summed E-state index contributed by atoms with van der Waals surface area (Å²) >= 11 is 0. The van der Waals surface area contributed by atoms with Gasteiger partial charge in [0, 0.05) is 24.7 Å². The molecule has 11 heteroatoms. The van der Waals surface area contributed by atoms with Crippen LogP contribution in [-0.2, 0) is 33.6 Å². The van der Waals surface area contributed by atoms with Gasteiger partial charge < -0.3 is 23.7 Å². The van der Waals surface area contributed by atoms with Gasteiger partial charge in [-0.1, -0.05) is 6.08 Å². The first-order chi connectivity index (χ1) is 20.2. The molecule has 1 aliphatic carbocycles. The fourth-order valence-corrected chi connectivity index (χ4v) is 6.49. The average molecular weight is 599 g/mol. The summed E-state index contributed by atoms with van der Waals surface area (Å²) in [5, 5.41) is 0.950. The number of hydrogen-bond acceptors (Lipinski definition) is 6. The van der Waals surface area contributed by atoms with Crippen LogP contribution in [0.3, 0.4) is 0 Å². The second-order valence-corrected chi connectivity index (χ2v) is 13.0. The second-order valence-electron chi connectivity index (χ2n) is 13.0. The van der Waals surface area contributed by atoms with E-state index in [9.17, 15) is 13.6 Å². The van der Waals surface area contributed by atoms with Crippen LogP contribution in [0.15, 0.2) is 36.3 Å². The summed E-state index contributed by atoms with van der Waals surface area (Å²) in [6, 6.07) is 3.05. The van der Waals surface area contributed by atoms with E-state index in [0.29, 0.717) is 24.0 Å². The third-order valence-corrected chi connectivity index (χ3v) is 8.40. The first kappa shape index (κ1) is 29.6. The molecule has 230 valence electrons. The van der Waals surface area contributed by atoms with Crippen LogP contribution in [0.5, 0.6) is 0 Å². The molecule has 2 aromatic heterocycles. The highest BCUT2D eigenvalue weighted by Crippen LogP contribution is 2.46. The van der Waals surface area contributed by atoms with Crippen LogP contribution in [0.2, 0.25) is 0 Å². The fraction of sp³-hybridized carbons (Fsp3) is 0.531. The van der Waals surface area contributed by atoms with Gasteiger partial charge in [-0.3, -0.25) is 0 Å². The van der Waals surface area contributed by atoms with Crippen molar-refractivity contribution >= 4 is 17.1 Å². The van der Waals surface area contributed by atoms with E-state index in [0.717, 1.165) is 22.3 Å². The van der Waals surface area contributed by atoms with Gasteiger partial charge in [0.2, 0.25) is 0 Å². The van der Waals surface area contributed by atoms with E-state index in [1.165, 1.54) is 11.0 Å². The highest BCUT2D eigenvalue weighted by Gasteiger charge is 2.50. The third kappa shape index (κ3) is 5.53. The number of alkyl halides is 2. The summed E-state index contributed by atoms with van der Waals surface area (Å²) < 4.78 is 63.5. The highest BCUT2D eigenvalue weighted by molar-refractivity contribution is 5.78. The van der Waals surface area contributed by atoms with Gasteiger partial charge in [0.05, 0.1) is 17.3 Å². The second kappa shape index (κ2) is 10.6. The Hall–Kier alpha value is -3.44. The summed E-state index contributed by atoms with van der Waals surface area (Å²) in [6.07, 6.45) is 2.49. The van der Waals surface area contributed by atoms with Crippen LogP contribution >= 0.6 is 0 Å². The Kier molecular flexibility index (Phi) is 7.32. The number of halogens is 3. The number of hydrogen-bond donors (Lipinski definition) is 0. The van der Waals surface area contributed by atoms with Crippen LogP contribution in [0, 0.1) is 12.7 Å². The van der Waals surface area contributed by atoms with Crippen molar-refractivity contribution in [2.75, 3.05) is 6.54 Å². The van der Waals surface area contributed by atoms with E-state index in [2.05, 4.69) is 20.6 Å². The lowest BCUT2D eigenvalue weighted by Crippen LogP contribution is -2.40. The van der Waals surface area contributed by atoms with Crippen molar-refractivity contribution in [3.63, 3.8) is 0 Å². The minimum atomic E-state index is -2.95. The van der Waals surface area contributed by atoms with Crippen molar-refractivity contribution in [3.8, 4) is 0 Å². The summed E-state index contributed by atoms with van der Waals surface area (Å²) in [4.78, 5) is 23.2. The van der Waals surface area contributed by atoms with Crippen molar-refractivity contribution in [3.05, 3.63) is 70.1 Å². The quantitative estimate of drug-likeness (QED) is 0.303. The first-order valence-corrected chi connectivity index (χ1v) is 14.7. The fourth-order valence-electron chi connectivity index (χ4n) is 6.49. The summed E-state index contributed by atoms with van der Waals surface area (Å²) in [6.45, 7) is 11.3. The Balaban J connectivity index is 1.32.